The van der Waals surface area contributed by atoms with E-state index >= 15 is 0 Å². The van der Waals surface area contributed by atoms with Crippen LogP contribution in [0.5, 0.6) is 0 Å². The van der Waals surface area contributed by atoms with Crippen LogP contribution in [0.1, 0.15) is 12.5 Å². The summed E-state index contributed by atoms with van der Waals surface area (Å²) in [5.41, 5.74) is 1.28. The zero-order chi connectivity index (χ0) is 10.4. The average Bonchev–Trinajstić information content (AvgIpc) is 2.17. The van der Waals surface area contributed by atoms with E-state index in [1.54, 1.807) is 30.4 Å². The predicted octanol–water partition coefficient (Wildman–Crippen LogP) is 3.31. The van der Waals surface area contributed by atoms with Crippen LogP contribution in [0.25, 0.3) is 0 Å². The molecule has 0 aliphatic rings. The van der Waals surface area contributed by atoms with Crippen molar-refractivity contribution in [2.24, 2.45) is 0 Å². The van der Waals surface area contributed by atoms with Crippen LogP contribution in [0.4, 0.5) is 4.39 Å². The lowest BCUT2D eigenvalue weighted by Crippen LogP contribution is -1.80. The topological polar surface area (TPSA) is 0 Å². The highest BCUT2D eigenvalue weighted by molar-refractivity contribution is 5.41. The van der Waals surface area contributed by atoms with Crippen molar-refractivity contribution >= 4 is 0 Å². The molecule has 0 saturated heterocycles. The summed E-state index contributed by atoms with van der Waals surface area (Å²) >= 11 is 0. The molecule has 14 heavy (non-hydrogen) atoms. The van der Waals surface area contributed by atoms with Gasteiger partial charge in [0.1, 0.15) is 5.82 Å². The van der Waals surface area contributed by atoms with Gasteiger partial charge in [-0.1, -0.05) is 42.7 Å². The predicted molar refractivity (Wildman–Crippen MR) is 57.2 cm³/mol. The van der Waals surface area contributed by atoms with Gasteiger partial charge in [-0.2, -0.15) is 0 Å². The summed E-state index contributed by atoms with van der Waals surface area (Å²) in [6.07, 6.45) is 3.44. The van der Waals surface area contributed by atoms with Crippen molar-refractivity contribution < 1.29 is 4.39 Å². The lowest BCUT2D eigenvalue weighted by Gasteiger charge is -1.91. The van der Waals surface area contributed by atoms with E-state index in [-0.39, 0.29) is 5.82 Å². The van der Waals surface area contributed by atoms with Gasteiger partial charge in [-0.25, -0.2) is 4.39 Å². The van der Waals surface area contributed by atoms with Crippen LogP contribution < -0.4 is 0 Å². The molecule has 0 saturated carbocycles. The maximum Gasteiger partial charge on any atom is 0.138 e. The molecule has 0 fully saturated rings. The smallest absolute Gasteiger partial charge is 0.138 e. The number of hydrogen-bond donors (Lipinski definition) is 0. The minimum atomic E-state index is -0.286. The molecule has 0 nitrogen and oxygen atoms in total. The van der Waals surface area contributed by atoms with Crippen LogP contribution in [-0.2, 0) is 0 Å². The third kappa shape index (κ3) is 2.91. The van der Waals surface area contributed by atoms with Crippen LogP contribution >= 0.6 is 0 Å². The molecule has 1 rings (SSSR count). The van der Waals surface area contributed by atoms with Crippen LogP contribution in [0.15, 0.2) is 48.6 Å². The van der Waals surface area contributed by atoms with E-state index in [0.717, 1.165) is 5.57 Å². The summed E-state index contributed by atoms with van der Waals surface area (Å²) < 4.78 is 13.1. The van der Waals surface area contributed by atoms with Gasteiger partial charge in [0.2, 0.25) is 0 Å². The largest absolute Gasteiger partial charge is 0.206 e. The maximum atomic E-state index is 13.1. The summed E-state index contributed by atoms with van der Waals surface area (Å²) in [6.45, 7) is 5.41. The first-order valence-corrected chi connectivity index (χ1v) is 4.30. The molecule has 70 valence electrons. The summed E-state index contributed by atoms with van der Waals surface area (Å²) in [5.74, 6) is 5.31. The van der Waals surface area contributed by atoms with Crippen molar-refractivity contribution in [1.82, 2.24) is 0 Å². The Kier molecular flexibility index (Phi) is 3.69. The Morgan fingerprint density at radius 3 is 2.79 bits per heavy atom. The van der Waals surface area contributed by atoms with E-state index in [0.29, 0.717) is 5.56 Å². The summed E-state index contributed by atoms with van der Waals surface area (Å²) in [7, 11) is 0. The van der Waals surface area contributed by atoms with Gasteiger partial charge in [-0.05, 0) is 24.6 Å². The first kappa shape index (κ1) is 10.3. The van der Waals surface area contributed by atoms with Crippen LogP contribution in [0, 0.1) is 17.7 Å². The van der Waals surface area contributed by atoms with Crippen molar-refractivity contribution in [3.63, 3.8) is 0 Å². The van der Waals surface area contributed by atoms with Gasteiger partial charge in [0.25, 0.3) is 0 Å². The molecule has 0 aliphatic carbocycles. The van der Waals surface area contributed by atoms with E-state index in [9.17, 15) is 4.39 Å². The van der Waals surface area contributed by atoms with E-state index in [4.69, 9.17) is 0 Å². The van der Waals surface area contributed by atoms with Crippen LogP contribution in [0.2, 0.25) is 0 Å². The lowest BCUT2D eigenvalue weighted by atomic mass is 10.2. The molecule has 0 bridgehead atoms. The highest BCUT2D eigenvalue weighted by Gasteiger charge is 1.93. The van der Waals surface area contributed by atoms with Crippen molar-refractivity contribution in [2.45, 2.75) is 6.92 Å². The summed E-state index contributed by atoms with van der Waals surface area (Å²) in [5, 5.41) is 0. The third-order valence-corrected chi connectivity index (χ3v) is 1.64. The fourth-order valence-corrected chi connectivity index (χ4v) is 0.947. The van der Waals surface area contributed by atoms with Gasteiger partial charge < -0.3 is 0 Å². The highest BCUT2D eigenvalue weighted by atomic mass is 19.1. The minimum Gasteiger partial charge on any atom is -0.206 e. The van der Waals surface area contributed by atoms with Gasteiger partial charge in [0, 0.05) is 0 Å². The van der Waals surface area contributed by atoms with Gasteiger partial charge >= 0.3 is 0 Å². The van der Waals surface area contributed by atoms with E-state index in [1.165, 1.54) is 6.07 Å². The molecule has 0 amide bonds. The maximum absolute atomic E-state index is 13.1. The van der Waals surface area contributed by atoms with Gasteiger partial charge in [-0.15, -0.1) is 0 Å². The molecule has 1 aromatic carbocycles. The normalized spacial score (nSPS) is 10.3. The second-order valence-electron chi connectivity index (χ2n) is 2.82. The number of benzene rings is 1. The van der Waals surface area contributed by atoms with Gasteiger partial charge in [0.05, 0.1) is 5.56 Å². The minimum absolute atomic E-state index is 0.286. The molecule has 0 spiro atoms. The summed E-state index contributed by atoms with van der Waals surface area (Å²) in [6, 6.07) is 6.46. The van der Waals surface area contributed by atoms with Crippen molar-refractivity contribution in [3.05, 3.63) is 60.0 Å². The Hall–Kier alpha value is -1.81. The quantitative estimate of drug-likeness (QED) is 0.466. The second kappa shape index (κ2) is 5.04. The zero-order valence-electron chi connectivity index (χ0n) is 8.05. The highest BCUT2D eigenvalue weighted by Crippen LogP contribution is 2.04. The number of rotatable bonds is 1. The fraction of sp³-hybridized carbons (Fsp3) is 0.0769. The molecule has 1 aromatic rings. The van der Waals surface area contributed by atoms with Crippen LogP contribution in [-0.4, -0.2) is 0 Å². The Morgan fingerprint density at radius 1 is 1.43 bits per heavy atom. The third-order valence-electron chi connectivity index (χ3n) is 1.64. The molecule has 0 radical (unpaired) electrons. The Balaban J connectivity index is 2.93. The number of allylic oxidation sites excluding steroid dienone is 3. The number of halogens is 1. The monoisotopic (exact) mass is 186 g/mol. The van der Waals surface area contributed by atoms with E-state index in [1.807, 2.05) is 6.92 Å². The van der Waals surface area contributed by atoms with Crippen molar-refractivity contribution in [3.8, 4) is 11.8 Å². The number of hydrogen-bond acceptors (Lipinski definition) is 0. The molecule has 0 N–H and O–H groups in total. The zero-order valence-corrected chi connectivity index (χ0v) is 8.05. The SMILES string of the molecule is C=C/C=C(\C)C#Cc1ccccc1F. The Bertz CT molecular complexity index is 416. The molecule has 0 aliphatic heterocycles. The Morgan fingerprint density at radius 2 is 2.14 bits per heavy atom. The molecule has 0 unspecified atom stereocenters. The average molecular weight is 186 g/mol. The van der Waals surface area contributed by atoms with Gasteiger partial charge in [0.15, 0.2) is 0 Å². The molecule has 0 aromatic heterocycles. The van der Waals surface area contributed by atoms with Crippen molar-refractivity contribution in [1.29, 1.82) is 0 Å². The first-order valence-electron chi connectivity index (χ1n) is 4.30. The van der Waals surface area contributed by atoms with Crippen molar-refractivity contribution in [2.75, 3.05) is 0 Å². The summed E-state index contributed by atoms with van der Waals surface area (Å²) in [4.78, 5) is 0. The second-order valence-corrected chi connectivity index (χ2v) is 2.82. The first-order chi connectivity index (χ1) is 6.74. The molecule has 0 heterocycles. The standard InChI is InChI=1S/C13H11F/c1-3-6-11(2)9-10-12-7-4-5-8-13(12)14/h3-8H,1H2,2H3/b11-6+. The van der Waals surface area contributed by atoms with E-state index in [2.05, 4.69) is 18.4 Å². The van der Waals surface area contributed by atoms with Gasteiger partial charge in [-0.3, -0.25) is 0 Å². The lowest BCUT2D eigenvalue weighted by molar-refractivity contribution is 0.624. The van der Waals surface area contributed by atoms with Crippen LogP contribution in [0.3, 0.4) is 0 Å². The molecule has 1 heteroatoms. The molecular weight excluding hydrogens is 175 g/mol. The Labute approximate surface area is 83.8 Å². The fourth-order valence-electron chi connectivity index (χ4n) is 0.947. The van der Waals surface area contributed by atoms with E-state index < -0.39 is 0 Å². The molecular formula is C13H11F. The molecule has 0 atom stereocenters.